The predicted octanol–water partition coefficient (Wildman–Crippen LogP) is 3.11. The molecule has 2 aliphatic rings. The molecule has 1 N–H and O–H groups in total. The van der Waals surface area contributed by atoms with Crippen LogP contribution in [0.4, 0.5) is 0 Å². The minimum Gasteiger partial charge on any atom is -0.366 e. The maximum absolute atomic E-state index is 12.4. The van der Waals surface area contributed by atoms with E-state index < -0.39 is 0 Å². The Balaban J connectivity index is 1.64. The SMILES string of the molecule is C=C1c2[nH]c3cc(C)ccc3c2CCN1CC1=CC=CC(=[O+]C)C1=O. The number of aryl methyl sites for hydroxylation is 1. The summed E-state index contributed by atoms with van der Waals surface area (Å²) in [4.78, 5) is 18.1. The Hall–Kier alpha value is -2.88. The van der Waals surface area contributed by atoms with E-state index in [0.29, 0.717) is 12.3 Å². The van der Waals surface area contributed by atoms with Crippen molar-refractivity contribution >= 4 is 28.2 Å². The normalized spacial score (nSPS) is 18.9. The Morgan fingerprint density at radius 3 is 3.00 bits per heavy atom. The van der Waals surface area contributed by atoms with E-state index in [0.717, 1.165) is 35.4 Å². The van der Waals surface area contributed by atoms with Gasteiger partial charge in [-0.3, -0.25) is 9.22 Å². The van der Waals surface area contributed by atoms with Gasteiger partial charge in [-0.05, 0) is 30.5 Å². The van der Waals surface area contributed by atoms with E-state index in [1.54, 1.807) is 6.08 Å². The molecular formula is C21H21N2O2+. The van der Waals surface area contributed by atoms with Gasteiger partial charge >= 0.3 is 5.78 Å². The maximum atomic E-state index is 12.4. The molecule has 2 aromatic rings. The summed E-state index contributed by atoms with van der Waals surface area (Å²) in [5.74, 6) is 0.345. The molecule has 1 aliphatic heterocycles. The molecule has 1 aromatic heterocycles. The average molecular weight is 333 g/mol. The van der Waals surface area contributed by atoms with E-state index >= 15 is 0 Å². The number of aromatic nitrogens is 1. The van der Waals surface area contributed by atoms with Crippen molar-refractivity contribution in [3.05, 3.63) is 65.4 Å². The van der Waals surface area contributed by atoms with Crippen LogP contribution in [0.5, 0.6) is 0 Å². The highest BCUT2D eigenvalue weighted by atomic mass is 16.4. The first kappa shape index (κ1) is 15.6. The Morgan fingerprint density at radius 2 is 2.20 bits per heavy atom. The first-order chi connectivity index (χ1) is 12.1. The standard InChI is InChI=1S/C21H21N2O2/c1-13-7-8-16-17-9-10-23(14(2)20(17)22-18(16)11-13)12-15-5-4-6-19(25-3)21(15)24/h4-8,11,22H,2,9-10,12H2,1,3H3/q+1. The molecule has 25 heavy (non-hydrogen) atoms. The van der Waals surface area contributed by atoms with Crippen LogP contribution < -0.4 is 0 Å². The minimum absolute atomic E-state index is 0.0455. The van der Waals surface area contributed by atoms with Gasteiger partial charge in [-0.2, -0.15) is 0 Å². The van der Waals surface area contributed by atoms with Crippen molar-refractivity contribution < 1.29 is 9.22 Å². The molecule has 1 aromatic carbocycles. The molecule has 0 saturated carbocycles. The van der Waals surface area contributed by atoms with Gasteiger partial charge in [0, 0.05) is 35.6 Å². The number of carbonyl (C=O) groups excluding carboxylic acids is 2. The molecule has 0 fully saturated rings. The monoisotopic (exact) mass is 333 g/mol. The summed E-state index contributed by atoms with van der Waals surface area (Å²) >= 11 is 0. The molecule has 0 spiro atoms. The van der Waals surface area contributed by atoms with Gasteiger partial charge in [-0.25, -0.2) is 0 Å². The lowest BCUT2D eigenvalue weighted by molar-refractivity contribution is -0.417. The van der Waals surface area contributed by atoms with Crippen molar-refractivity contribution in [1.29, 1.82) is 0 Å². The summed E-state index contributed by atoms with van der Waals surface area (Å²) in [5.41, 5.74) is 6.47. The number of hydrogen-bond acceptors (Lipinski definition) is 2. The van der Waals surface area contributed by atoms with Crippen molar-refractivity contribution in [2.75, 3.05) is 20.2 Å². The van der Waals surface area contributed by atoms with Gasteiger partial charge in [-0.15, -0.1) is 0 Å². The van der Waals surface area contributed by atoms with Gasteiger partial charge in [0.15, 0.2) is 0 Å². The predicted molar refractivity (Wildman–Crippen MR) is 101 cm³/mol. The summed E-state index contributed by atoms with van der Waals surface area (Å²) in [7, 11) is 1.53. The number of carbonyl (C=O) groups is 1. The van der Waals surface area contributed by atoms with E-state index in [2.05, 4.69) is 41.6 Å². The van der Waals surface area contributed by atoms with Gasteiger partial charge in [0.25, 0.3) is 12.9 Å². The fourth-order valence-corrected chi connectivity index (χ4v) is 3.64. The molecule has 1 aliphatic carbocycles. The third kappa shape index (κ3) is 2.54. The van der Waals surface area contributed by atoms with Gasteiger partial charge in [-0.1, -0.05) is 30.9 Å². The number of allylic oxidation sites excluding steroid dienone is 3. The average Bonchev–Trinajstić information content (AvgIpc) is 2.97. The number of fused-ring (bicyclic) bond motifs is 3. The van der Waals surface area contributed by atoms with Crippen LogP contribution in [0.25, 0.3) is 16.6 Å². The molecule has 4 nitrogen and oxygen atoms in total. The number of benzene rings is 1. The van der Waals surface area contributed by atoms with E-state index in [4.69, 9.17) is 4.42 Å². The number of rotatable bonds is 2. The number of H-pyrrole nitrogens is 1. The molecule has 0 bridgehead atoms. The van der Waals surface area contributed by atoms with Gasteiger partial charge < -0.3 is 9.88 Å². The zero-order chi connectivity index (χ0) is 17.6. The smallest absolute Gasteiger partial charge is 0.366 e. The van der Waals surface area contributed by atoms with Crippen molar-refractivity contribution in [2.45, 2.75) is 13.3 Å². The van der Waals surface area contributed by atoms with Crippen LogP contribution in [0.1, 0.15) is 16.8 Å². The largest absolute Gasteiger partial charge is 0.390 e. The summed E-state index contributed by atoms with van der Waals surface area (Å²) < 4.78 is 5.15. The molecule has 0 unspecified atom stereocenters. The Labute approximate surface area is 146 Å². The number of nitrogens with one attached hydrogen (secondary N) is 1. The van der Waals surface area contributed by atoms with Crippen LogP contribution in [-0.4, -0.2) is 41.6 Å². The highest BCUT2D eigenvalue weighted by molar-refractivity contribution is 6.48. The molecular weight excluding hydrogens is 312 g/mol. The Morgan fingerprint density at radius 1 is 1.36 bits per heavy atom. The third-order valence-corrected chi connectivity index (χ3v) is 5.01. The third-order valence-electron chi connectivity index (χ3n) is 5.01. The lowest BCUT2D eigenvalue weighted by Crippen LogP contribution is -2.34. The van der Waals surface area contributed by atoms with Crippen LogP contribution in [0.2, 0.25) is 0 Å². The lowest BCUT2D eigenvalue weighted by Gasteiger charge is -2.31. The number of aromatic amines is 1. The first-order valence-electron chi connectivity index (χ1n) is 8.47. The molecule has 4 heteroatoms. The number of Topliss-reactive ketones (excluding diaryl/α,β-unsaturated/α-hetero) is 1. The minimum atomic E-state index is -0.0455. The van der Waals surface area contributed by atoms with Crippen LogP contribution in [0.15, 0.2) is 48.6 Å². The zero-order valence-electron chi connectivity index (χ0n) is 14.6. The van der Waals surface area contributed by atoms with E-state index in [1.165, 1.54) is 23.6 Å². The fourth-order valence-electron chi connectivity index (χ4n) is 3.64. The number of ketones is 2. The van der Waals surface area contributed by atoms with Crippen molar-refractivity contribution in [1.82, 2.24) is 9.88 Å². The summed E-state index contributed by atoms with van der Waals surface area (Å²) in [6.07, 6.45) is 6.37. The zero-order valence-corrected chi connectivity index (χ0v) is 14.6. The van der Waals surface area contributed by atoms with Crippen LogP contribution in [0, 0.1) is 6.92 Å². The number of hydrogen-bond donors (Lipinski definition) is 1. The second-order valence-corrected chi connectivity index (χ2v) is 6.59. The quantitative estimate of drug-likeness (QED) is 0.521. The first-order valence-corrected chi connectivity index (χ1v) is 8.47. The van der Waals surface area contributed by atoms with Crippen molar-refractivity contribution in [3.8, 4) is 0 Å². The Kier molecular flexibility index (Phi) is 3.68. The molecule has 0 radical (unpaired) electrons. The van der Waals surface area contributed by atoms with Gasteiger partial charge in [0.1, 0.15) is 0 Å². The Bertz CT molecular complexity index is 989. The molecule has 0 atom stereocenters. The summed E-state index contributed by atoms with van der Waals surface area (Å²) in [6, 6.07) is 6.50. The topological polar surface area (TPSA) is 47.4 Å². The van der Waals surface area contributed by atoms with Crippen LogP contribution in [-0.2, 0) is 15.6 Å². The molecule has 0 saturated heterocycles. The highest BCUT2D eigenvalue weighted by Crippen LogP contribution is 2.33. The molecule has 4 rings (SSSR count). The summed E-state index contributed by atoms with van der Waals surface area (Å²) in [5, 5.41) is 1.27. The highest BCUT2D eigenvalue weighted by Gasteiger charge is 2.30. The van der Waals surface area contributed by atoms with Gasteiger partial charge in [0.05, 0.1) is 11.4 Å². The van der Waals surface area contributed by atoms with E-state index in [1.807, 2.05) is 12.2 Å². The number of nitrogens with zero attached hydrogens (tertiary/aromatic N) is 1. The molecule has 0 amide bonds. The second-order valence-electron chi connectivity index (χ2n) is 6.59. The van der Waals surface area contributed by atoms with Crippen LogP contribution >= 0.6 is 0 Å². The lowest BCUT2D eigenvalue weighted by atomic mass is 9.98. The van der Waals surface area contributed by atoms with E-state index in [9.17, 15) is 4.79 Å². The molecule has 126 valence electrons. The van der Waals surface area contributed by atoms with Crippen LogP contribution in [0.3, 0.4) is 0 Å². The molecule has 2 heterocycles. The van der Waals surface area contributed by atoms with Crippen molar-refractivity contribution in [3.63, 3.8) is 0 Å². The second kappa shape index (κ2) is 5.88. The van der Waals surface area contributed by atoms with Crippen molar-refractivity contribution in [2.24, 2.45) is 0 Å². The summed E-state index contributed by atoms with van der Waals surface area (Å²) in [6.45, 7) is 7.78. The van der Waals surface area contributed by atoms with Gasteiger partial charge in [0.2, 0.25) is 0 Å². The van der Waals surface area contributed by atoms with E-state index in [-0.39, 0.29) is 5.78 Å². The fraction of sp³-hybridized carbons (Fsp3) is 0.238. The maximum Gasteiger partial charge on any atom is 0.390 e.